The Morgan fingerprint density at radius 1 is 1.24 bits per heavy atom. The molecule has 0 spiro atoms. The minimum absolute atomic E-state index is 0.0767. The van der Waals surface area contributed by atoms with E-state index in [2.05, 4.69) is 30.5 Å². The molecule has 2 amide bonds. The topological polar surface area (TPSA) is 129 Å². The first-order valence-electron chi connectivity index (χ1n) is 11.0. The zero-order valence-corrected chi connectivity index (χ0v) is 19.0. The molecule has 5 N–H and O–H groups in total. The first-order chi connectivity index (χ1) is 16.5. The second kappa shape index (κ2) is 9.28. The number of carbonyl (C=O) groups excluding carboxylic acids is 2. The lowest BCUT2D eigenvalue weighted by Crippen LogP contribution is -2.61. The predicted molar refractivity (Wildman–Crippen MR) is 131 cm³/mol. The molecule has 174 valence electrons. The molecule has 3 heterocycles. The first kappa shape index (κ1) is 22.1. The number of rotatable bonds is 7. The number of nitrogen functional groups attached to an aromatic ring is 1. The zero-order chi connectivity index (χ0) is 23.7. The van der Waals surface area contributed by atoms with E-state index in [1.54, 1.807) is 0 Å². The van der Waals surface area contributed by atoms with E-state index >= 15 is 0 Å². The molecule has 34 heavy (non-hydrogen) atoms. The van der Waals surface area contributed by atoms with Crippen LogP contribution in [0.5, 0.6) is 0 Å². The van der Waals surface area contributed by atoms with Crippen LogP contribution in [0.4, 0.5) is 5.82 Å². The van der Waals surface area contributed by atoms with Gasteiger partial charge in [0, 0.05) is 40.1 Å². The number of aromatic amines is 1. The SMILES string of the molecule is Nc1ncnc2cc(CC(NC=O)C3CN(Cc4cc5cc(Cl)ccc5[nH]4)CC(=O)N3)ccc12. The highest BCUT2D eigenvalue weighted by atomic mass is 35.5. The van der Waals surface area contributed by atoms with E-state index in [1.165, 1.54) is 6.33 Å². The highest BCUT2D eigenvalue weighted by molar-refractivity contribution is 6.31. The normalized spacial score (nSPS) is 17.6. The Bertz CT molecular complexity index is 1370. The standard InChI is InChI=1S/C24H24ClN7O2/c25-16-2-4-19-15(7-16)8-17(30-19)9-32-10-22(31-23(34)11-32)21(29-13-33)6-14-1-3-18-20(5-14)27-12-28-24(18)26/h1-5,7-8,12-13,21-22,30H,6,9-11H2,(H,29,33)(H,31,34)(H2,26,27,28). The van der Waals surface area contributed by atoms with Crippen molar-refractivity contribution in [1.29, 1.82) is 0 Å². The minimum atomic E-state index is -0.289. The third-order valence-corrected chi connectivity index (χ3v) is 6.39. The van der Waals surface area contributed by atoms with Crippen molar-refractivity contribution in [3.63, 3.8) is 0 Å². The van der Waals surface area contributed by atoms with Crippen LogP contribution in [0.3, 0.4) is 0 Å². The number of nitrogens with two attached hydrogens (primary N) is 1. The van der Waals surface area contributed by atoms with Crippen molar-refractivity contribution in [1.82, 2.24) is 30.5 Å². The van der Waals surface area contributed by atoms with E-state index < -0.39 is 0 Å². The van der Waals surface area contributed by atoms with Crippen LogP contribution in [0.1, 0.15) is 11.3 Å². The minimum Gasteiger partial charge on any atom is -0.383 e. The third-order valence-electron chi connectivity index (χ3n) is 6.16. The number of piperazine rings is 1. The van der Waals surface area contributed by atoms with Crippen molar-refractivity contribution in [3.8, 4) is 0 Å². The van der Waals surface area contributed by atoms with E-state index in [-0.39, 0.29) is 24.5 Å². The number of anilines is 1. The van der Waals surface area contributed by atoms with E-state index in [0.29, 0.717) is 36.8 Å². The Balaban J connectivity index is 1.33. The molecule has 0 saturated carbocycles. The summed E-state index contributed by atoms with van der Waals surface area (Å²) in [5.41, 5.74) is 9.64. The molecule has 2 aromatic heterocycles. The van der Waals surface area contributed by atoms with Gasteiger partial charge >= 0.3 is 0 Å². The fourth-order valence-electron chi connectivity index (χ4n) is 4.59. The molecule has 0 aliphatic carbocycles. The lowest BCUT2D eigenvalue weighted by Gasteiger charge is -2.37. The maximum Gasteiger partial charge on any atom is 0.234 e. The summed E-state index contributed by atoms with van der Waals surface area (Å²) >= 11 is 6.10. The predicted octanol–water partition coefficient (Wildman–Crippen LogP) is 2.00. The van der Waals surface area contributed by atoms with Gasteiger partial charge in [0.2, 0.25) is 12.3 Å². The molecule has 1 aliphatic heterocycles. The summed E-state index contributed by atoms with van der Waals surface area (Å²) in [6.07, 6.45) is 2.64. The molecule has 2 atom stereocenters. The van der Waals surface area contributed by atoms with Gasteiger partial charge in [0.05, 0.1) is 24.1 Å². The van der Waals surface area contributed by atoms with Crippen molar-refractivity contribution in [2.45, 2.75) is 25.0 Å². The van der Waals surface area contributed by atoms with Gasteiger partial charge in [-0.25, -0.2) is 9.97 Å². The number of fused-ring (bicyclic) bond motifs is 2. The number of nitrogens with zero attached hydrogens (tertiary/aromatic N) is 3. The number of benzene rings is 2. The summed E-state index contributed by atoms with van der Waals surface area (Å²) in [5.74, 6) is 0.348. The number of hydrogen-bond acceptors (Lipinski definition) is 6. The molecule has 2 unspecified atom stereocenters. The number of hydrogen-bond donors (Lipinski definition) is 4. The molecule has 10 heteroatoms. The summed E-state index contributed by atoms with van der Waals surface area (Å²) in [7, 11) is 0. The summed E-state index contributed by atoms with van der Waals surface area (Å²) < 4.78 is 0. The first-order valence-corrected chi connectivity index (χ1v) is 11.3. The van der Waals surface area contributed by atoms with Crippen molar-refractivity contribution in [2.24, 2.45) is 0 Å². The monoisotopic (exact) mass is 477 g/mol. The Hall–Kier alpha value is -3.69. The van der Waals surface area contributed by atoms with E-state index in [4.69, 9.17) is 17.3 Å². The molecular weight excluding hydrogens is 454 g/mol. The van der Waals surface area contributed by atoms with Gasteiger partial charge < -0.3 is 21.4 Å². The fourth-order valence-corrected chi connectivity index (χ4v) is 4.77. The van der Waals surface area contributed by atoms with Crippen LogP contribution in [0.15, 0.2) is 48.8 Å². The summed E-state index contributed by atoms with van der Waals surface area (Å²) in [4.78, 5) is 37.7. The average molecular weight is 478 g/mol. The lowest BCUT2D eigenvalue weighted by atomic mass is 9.96. The number of halogens is 1. The summed E-state index contributed by atoms with van der Waals surface area (Å²) in [6, 6.07) is 13.0. The maximum absolute atomic E-state index is 12.5. The lowest BCUT2D eigenvalue weighted by molar-refractivity contribution is -0.126. The van der Waals surface area contributed by atoms with Gasteiger partial charge in [-0.15, -0.1) is 0 Å². The second-order valence-corrected chi connectivity index (χ2v) is 9.01. The van der Waals surface area contributed by atoms with Gasteiger partial charge in [-0.1, -0.05) is 17.7 Å². The van der Waals surface area contributed by atoms with E-state index in [9.17, 15) is 9.59 Å². The average Bonchev–Trinajstić information content (AvgIpc) is 3.19. The third kappa shape index (κ3) is 4.66. The highest BCUT2D eigenvalue weighted by Crippen LogP contribution is 2.22. The largest absolute Gasteiger partial charge is 0.383 e. The number of carbonyl (C=O) groups is 2. The molecule has 2 aromatic carbocycles. The van der Waals surface area contributed by atoms with E-state index in [1.807, 2.05) is 42.5 Å². The maximum atomic E-state index is 12.5. The van der Waals surface area contributed by atoms with Gasteiger partial charge in [-0.2, -0.15) is 0 Å². The van der Waals surface area contributed by atoms with Gasteiger partial charge in [-0.05, 0) is 48.4 Å². The fraction of sp³-hybridized carbons (Fsp3) is 0.250. The Morgan fingerprint density at radius 2 is 2.12 bits per heavy atom. The van der Waals surface area contributed by atoms with Gasteiger partial charge in [-0.3, -0.25) is 14.5 Å². The number of aromatic nitrogens is 3. The number of amides is 2. The molecule has 1 saturated heterocycles. The number of nitrogens with one attached hydrogen (secondary N) is 3. The molecule has 9 nitrogen and oxygen atoms in total. The van der Waals surface area contributed by atoms with Gasteiger partial charge in [0.1, 0.15) is 12.1 Å². The Kier molecular flexibility index (Phi) is 6.04. The van der Waals surface area contributed by atoms with Crippen LogP contribution >= 0.6 is 11.6 Å². The van der Waals surface area contributed by atoms with E-state index in [0.717, 1.165) is 33.1 Å². The Labute approximate surface area is 200 Å². The van der Waals surface area contributed by atoms with Crippen LogP contribution < -0.4 is 16.4 Å². The molecule has 5 rings (SSSR count). The quantitative estimate of drug-likeness (QED) is 0.301. The molecule has 4 aromatic rings. The molecule has 0 radical (unpaired) electrons. The van der Waals surface area contributed by atoms with Crippen molar-refractivity contribution < 1.29 is 9.59 Å². The summed E-state index contributed by atoms with van der Waals surface area (Å²) in [6.45, 7) is 1.46. The molecule has 0 bridgehead atoms. The van der Waals surface area contributed by atoms with Crippen LogP contribution in [-0.2, 0) is 22.6 Å². The van der Waals surface area contributed by atoms with Crippen molar-refractivity contribution in [3.05, 3.63) is 65.1 Å². The Morgan fingerprint density at radius 3 is 2.97 bits per heavy atom. The smallest absolute Gasteiger partial charge is 0.234 e. The van der Waals surface area contributed by atoms with Crippen molar-refractivity contribution >= 4 is 51.5 Å². The van der Waals surface area contributed by atoms with Crippen LogP contribution in [-0.4, -0.2) is 57.3 Å². The van der Waals surface area contributed by atoms with Crippen molar-refractivity contribution in [2.75, 3.05) is 18.8 Å². The highest BCUT2D eigenvalue weighted by Gasteiger charge is 2.31. The molecule has 1 fully saturated rings. The van der Waals surface area contributed by atoms with Crippen LogP contribution in [0.2, 0.25) is 5.02 Å². The second-order valence-electron chi connectivity index (χ2n) is 8.58. The van der Waals surface area contributed by atoms with Gasteiger partial charge in [0.15, 0.2) is 0 Å². The number of H-pyrrole nitrogens is 1. The summed E-state index contributed by atoms with van der Waals surface area (Å²) in [5, 5.41) is 8.42. The van der Waals surface area contributed by atoms with Gasteiger partial charge in [0.25, 0.3) is 0 Å². The van der Waals surface area contributed by atoms with Crippen LogP contribution in [0, 0.1) is 0 Å². The molecule has 1 aliphatic rings. The zero-order valence-electron chi connectivity index (χ0n) is 18.3. The van der Waals surface area contributed by atoms with Crippen LogP contribution in [0.25, 0.3) is 21.8 Å². The molecular formula is C24H24ClN7O2.